The Hall–Kier alpha value is -4.24. The molecule has 0 saturated heterocycles. The number of carbonyl (C=O) groups is 3. The van der Waals surface area contributed by atoms with Crippen LogP contribution in [0, 0.1) is 5.82 Å². The van der Waals surface area contributed by atoms with Crippen LogP contribution in [0.1, 0.15) is 27.4 Å². The zero-order valence-corrected chi connectivity index (χ0v) is 17.8. The first-order chi connectivity index (χ1) is 16.4. The van der Waals surface area contributed by atoms with Crippen LogP contribution in [0.15, 0.2) is 66.7 Å². The van der Waals surface area contributed by atoms with Gasteiger partial charge < -0.3 is 20.3 Å². The standard InChI is InChI=1S/C25H21FN2O6/c26-20-11-14(23(30)27-22(12-29)24(31)32)9-10-21(20)28-25(33)34-13-19-17-7-3-1-5-15(17)16-6-2-4-8-18(16)19/h1-11,19,22,29H,12-13H2,(H,27,30)(H,28,33)(H,31,32)/t22-/m1/s1. The number of benzene rings is 3. The smallest absolute Gasteiger partial charge is 0.411 e. The average Bonchev–Trinajstić information content (AvgIpc) is 3.16. The topological polar surface area (TPSA) is 125 Å². The van der Waals surface area contributed by atoms with E-state index < -0.39 is 36.4 Å². The quantitative estimate of drug-likeness (QED) is 0.425. The lowest BCUT2D eigenvalue weighted by atomic mass is 9.98. The van der Waals surface area contributed by atoms with Crippen LogP contribution >= 0.6 is 0 Å². The highest BCUT2D eigenvalue weighted by Crippen LogP contribution is 2.44. The molecule has 0 aromatic heterocycles. The van der Waals surface area contributed by atoms with E-state index in [9.17, 15) is 18.8 Å². The summed E-state index contributed by atoms with van der Waals surface area (Å²) in [6, 6.07) is 17.4. The number of hydrogen-bond acceptors (Lipinski definition) is 5. The second-order valence-corrected chi connectivity index (χ2v) is 7.69. The molecule has 0 unspecified atom stereocenters. The van der Waals surface area contributed by atoms with Crippen molar-refractivity contribution in [2.75, 3.05) is 18.5 Å². The number of aliphatic carboxylic acids is 1. The Morgan fingerprint density at radius 1 is 0.971 bits per heavy atom. The highest BCUT2D eigenvalue weighted by molar-refractivity contribution is 5.97. The van der Waals surface area contributed by atoms with Gasteiger partial charge in [0.1, 0.15) is 12.4 Å². The van der Waals surface area contributed by atoms with Crippen molar-refractivity contribution in [3.63, 3.8) is 0 Å². The minimum absolute atomic E-state index is 0.0553. The van der Waals surface area contributed by atoms with Gasteiger partial charge in [-0.3, -0.25) is 10.1 Å². The fourth-order valence-electron chi connectivity index (χ4n) is 3.93. The molecule has 4 rings (SSSR count). The van der Waals surface area contributed by atoms with Gasteiger partial charge in [-0.05, 0) is 40.5 Å². The highest BCUT2D eigenvalue weighted by Gasteiger charge is 2.29. The van der Waals surface area contributed by atoms with Crippen molar-refractivity contribution < 1.29 is 33.7 Å². The molecular weight excluding hydrogens is 443 g/mol. The van der Waals surface area contributed by atoms with E-state index in [2.05, 4.69) is 10.6 Å². The van der Waals surface area contributed by atoms with Gasteiger partial charge in [-0.25, -0.2) is 14.0 Å². The van der Waals surface area contributed by atoms with E-state index in [1.807, 2.05) is 48.5 Å². The zero-order valence-electron chi connectivity index (χ0n) is 17.8. The van der Waals surface area contributed by atoms with Gasteiger partial charge >= 0.3 is 12.1 Å². The van der Waals surface area contributed by atoms with E-state index >= 15 is 0 Å². The molecule has 34 heavy (non-hydrogen) atoms. The number of ether oxygens (including phenoxy) is 1. The number of rotatable bonds is 7. The number of amides is 2. The lowest BCUT2D eigenvalue weighted by Gasteiger charge is -2.15. The molecule has 0 heterocycles. The molecule has 3 aromatic carbocycles. The molecular formula is C25H21FN2O6. The molecule has 0 bridgehead atoms. The Kier molecular flexibility index (Phi) is 6.55. The van der Waals surface area contributed by atoms with Crippen LogP contribution in [0.5, 0.6) is 0 Å². The summed E-state index contributed by atoms with van der Waals surface area (Å²) in [5, 5.41) is 22.3. The molecule has 2 amide bonds. The number of carboxylic acid groups (broad SMARTS) is 1. The fourth-order valence-corrected chi connectivity index (χ4v) is 3.93. The predicted molar refractivity (Wildman–Crippen MR) is 121 cm³/mol. The summed E-state index contributed by atoms with van der Waals surface area (Å²) in [5.74, 6) is -3.36. The number of carboxylic acids is 1. The van der Waals surface area contributed by atoms with Crippen molar-refractivity contribution in [3.05, 3.63) is 89.2 Å². The van der Waals surface area contributed by atoms with Crippen LogP contribution in [0.4, 0.5) is 14.9 Å². The molecule has 0 spiro atoms. The van der Waals surface area contributed by atoms with Crippen molar-refractivity contribution >= 4 is 23.7 Å². The van der Waals surface area contributed by atoms with Gasteiger partial charge in [-0.15, -0.1) is 0 Å². The fraction of sp³-hybridized carbons (Fsp3) is 0.160. The van der Waals surface area contributed by atoms with Crippen LogP contribution < -0.4 is 10.6 Å². The molecule has 1 aliphatic rings. The molecule has 8 nitrogen and oxygen atoms in total. The maximum atomic E-state index is 14.5. The number of halogens is 1. The van der Waals surface area contributed by atoms with E-state index in [0.717, 1.165) is 28.3 Å². The second kappa shape index (κ2) is 9.72. The molecule has 0 radical (unpaired) electrons. The summed E-state index contributed by atoms with van der Waals surface area (Å²) in [7, 11) is 0. The van der Waals surface area contributed by atoms with Crippen molar-refractivity contribution in [2.24, 2.45) is 0 Å². The van der Waals surface area contributed by atoms with Crippen molar-refractivity contribution in [1.82, 2.24) is 5.32 Å². The van der Waals surface area contributed by atoms with Gasteiger partial charge in [-0.1, -0.05) is 48.5 Å². The Labute approximate surface area is 194 Å². The Bertz CT molecular complexity index is 1220. The number of aliphatic hydroxyl groups excluding tert-OH is 1. The molecule has 4 N–H and O–H groups in total. The van der Waals surface area contributed by atoms with Crippen LogP contribution in [-0.4, -0.2) is 47.4 Å². The monoisotopic (exact) mass is 464 g/mol. The number of carbonyl (C=O) groups excluding carboxylic acids is 2. The average molecular weight is 464 g/mol. The van der Waals surface area contributed by atoms with Gasteiger partial charge in [0.05, 0.1) is 12.3 Å². The summed E-state index contributed by atoms with van der Waals surface area (Å²) in [4.78, 5) is 35.4. The summed E-state index contributed by atoms with van der Waals surface area (Å²) < 4.78 is 19.8. The first-order valence-corrected chi connectivity index (χ1v) is 10.4. The Balaban J connectivity index is 1.40. The van der Waals surface area contributed by atoms with Crippen molar-refractivity contribution in [1.29, 1.82) is 0 Å². The maximum Gasteiger partial charge on any atom is 0.411 e. The molecule has 9 heteroatoms. The normalized spacial score (nSPS) is 12.9. The van der Waals surface area contributed by atoms with Gasteiger partial charge in [0.15, 0.2) is 6.04 Å². The first-order valence-electron chi connectivity index (χ1n) is 10.4. The van der Waals surface area contributed by atoms with Crippen molar-refractivity contribution in [2.45, 2.75) is 12.0 Å². The number of anilines is 1. The summed E-state index contributed by atoms with van der Waals surface area (Å²) in [6.07, 6.45) is -0.857. The van der Waals surface area contributed by atoms with Crippen LogP contribution in [-0.2, 0) is 9.53 Å². The van der Waals surface area contributed by atoms with Crippen molar-refractivity contribution in [3.8, 4) is 11.1 Å². The molecule has 0 aliphatic heterocycles. The highest BCUT2D eigenvalue weighted by atomic mass is 19.1. The molecule has 3 aromatic rings. The first kappa shape index (κ1) is 22.9. The summed E-state index contributed by atoms with van der Waals surface area (Å²) in [6.45, 7) is -0.759. The van der Waals surface area contributed by atoms with Crippen LogP contribution in [0.25, 0.3) is 11.1 Å². The maximum absolute atomic E-state index is 14.5. The molecule has 1 atom stereocenters. The van der Waals surface area contributed by atoms with E-state index in [4.69, 9.17) is 14.9 Å². The summed E-state index contributed by atoms with van der Waals surface area (Å²) in [5.41, 5.74) is 3.87. The van der Waals surface area contributed by atoms with Gasteiger partial charge in [0, 0.05) is 11.5 Å². The second-order valence-electron chi connectivity index (χ2n) is 7.69. The zero-order chi connectivity index (χ0) is 24.2. The molecule has 1 aliphatic carbocycles. The van der Waals surface area contributed by atoms with Gasteiger partial charge in [0.2, 0.25) is 0 Å². The number of fused-ring (bicyclic) bond motifs is 3. The molecule has 0 fully saturated rings. The van der Waals surface area contributed by atoms with Gasteiger partial charge in [0.25, 0.3) is 5.91 Å². The van der Waals surface area contributed by atoms with Gasteiger partial charge in [-0.2, -0.15) is 0 Å². The third-order valence-electron chi connectivity index (χ3n) is 5.60. The van der Waals surface area contributed by atoms with E-state index in [-0.39, 0.29) is 23.8 Å². The lowest BCUT2D eigenvalue weighted by Crippen LogP contribution is -2.43. The van der Waals surface area contributed by atoms with Crippen LogP contribution in [0.3, 0.4) is 0 Å². The molecule has 174 valence electrons. The van der Waals surface area contributed by atoms with E-state index in [1.165, 1.54) is 12.1 Å². The minimum Gasteiger partial charge on any atom is -0.480 e. The summed E-state index contributed by atoms with van der Waals surface area (Å²) >= 11 is 0. The Morgan fingerprint density at radius 3 is 2.15 bits per heavy atom. The van der Waals surface area contributed by atoms with E-state index in [0.29, 0.717) is 0 Å². The third-order valence-corrected chi connectivity index (χ3v) is 5.60. The van der Waals surface area contributed by atoms with Crippen LogP contribution in [0.2, 0.25) is 0 Å². The number of aliphatic hydroxyl groups is 1. The van der Waals surface area contributed by atoms with E-state index in [1.54, 1.807) is 0 Å². The molecule has 0 saturated carbocycles. The number of nitrogens with one attached hydrogen (secondary N) is 2. The SMILES string of the molecule is O=C(Nc1ccc(C(=O)N[C@H](CO)C(=O)O)cc1F)OCC1c2ccccc2-c2ccccc21. The Morgan fingerprint density at radius 2 is 1.59 bits per heavy atom. The third kappa shape index (κ3) is 4.60. The number of hydrogen-bond donors (Lipinski definition) is 4. The lowest BCUT2D eigenvalue weighted by molar-refractivity contribution is -0.140. The minimum atomic E-state index is -1.52. The largest absolute Gasteiger partial charge is 0.480 e. The predicted octanol–water partition coefficient (Wildman–Crippen LogP) is 3.36.